The SMILES string of the molecule is COc1ccc(S(N)(=O)=O)cc1NC(=O)C(F)F. The van der Waals surface area contributed by atoms with Gasteiger partial charge in [0, 0.05) is 0 Å². The number of ether oxygens (including phenoxy) is 1. The fourth-order valence-electron chi connectivity index (χ4n) is 1.15. The lowest BCUT2D eigenvalue weighted by atomic mass is 10.3. The molecular weight excluding hydrogens is 270 g/mol. The predicted octanol–water partition coefficient (Wildman–Crippen LogP) is 0.546. The first-order valence-electron chi connectivity index (χ1n) is 4.55. The van der Waals surface area contributed by atoms with Gasteiger partial charge in [0.25, 0.3) is 5.91 Å². The number of halogens is 2. The normalized spacial score (nSPS) is 11.4. The van der Waals surface area contributed by atoms with Gasteiger partial charge in [-0.25, -0.2) is 13.6 Å². The highest BCUT2D eigenvalue weighted by Crippen LogP contribution is 2.27. The molecule has 0 aliphatic rings. The van der Waals surface area contributed by atoms with E-state index in [9.17, 15) is 22.0 Å². The highest BCUT2D eigenvalue weighted by molar-refractivity contribution is 7.89. The summed E-state index contributed by atoms with van der Waals surface area (Å²) in [4.78, 5) is 10.5. The summed E-state index contributed by atoms with van der Waals surface area (Å²) in [5.41, 5.74) is -0.200. The van der Waals surface area contributed by atoms with Crippen molar-refractivity contribution in [3.05, 3.63) is 18.2 Å². The third-order valence-electron chi connectivity index (χ3n) is 1.96. The molecule has 0 aliphatic carbocycles. The van der Waals surface area contributed by atoms with E-state index in [1.54, 1.807) is 0 Å². The number of carbonyl (C=O) groups excluding carboxylic acids is 1. The number of alkyl halides is 2. The number of amides is 1. The minimum Gasteiger partial charge on any atom is -0.495 e. The van der Waals surface area contributed by atoms with Gasteiger partial charge in [-0.1, -0.05) is 0 Å². The van der Waals surface area contributed by atoms with Gasteiger partial charge in [0.1, 0.15) is 5.75 Å². The molecular formula is C9H10F2N2O4S. The second-order valence-electron chi connectivity index (χ2n) is 3.20. The van der Waals surface area contributed by atoms with Gasteiger partial charge in [0.2, 0.25) is 10.0 Å². The third-order valence-corrected chi connectivity index (χ3v) is 2.87. The molecule has 1 amide bonds. The van der Waals surface area contributed by atoms with Crippen LogP contribution in [0.1, 0.15) is 0 Å². The zero-order chi connectivity index (χ0) is 13.9. The minimum atomic E-state index is -4.00. The average Bonchev–Trinajstić information content (AvgIpc) is 2.27. The molecule has 3 N–H and O–H groups in total. The van der Waals surface area contributed by atoms with E-state index in [-0.39, 0.29) is 16.3 Å². The van der Waals surface area contributed by atoms with Crippen molar-refractivity contribution in [3.63, 3.8) is 0 Å². The standard InChI is InChI=1S/C9H10F2N2O4S/c1-17-7-3-2-5(18(12,15)16)4-6(7)13-9(14)8(10)11/h2-4,8H,1H3,(H,13,14)(H2,12,15,16). The lowest BCUT2D eigenvalue weighted by Gasteiger charge is -2.11. The van der Waals surface area contributed by atoms with Crippen LogP contribution in [0.4, 0.5) is 14.5 Å². The van der Waals surface area contributed by atoms with Crippen LogP contribution in [0.3, 0.4) is 0 Å². The first-order chi connectivity index (χ1) is 8.25. The molecule has 1 aromatic rings. The number of rotatable bonds is 4. The van der Waals surface area contributed by atoms with Crippen molar-refractivity contribution in [1.29, 1.82) is 0 Å². The van der Waals surface area contributed by atoms with Crippen molar-refractivity contribution >= 4 is 21.6 Å². The molecule has 0 atom stereocenters. The fourth-order valence-corrected chi connectivity index (χ4v) is 1.69. The van der Waals surface area contributed by atoms with E-state index in [1.807, 2.05) is 5.32 Å². The Balaban J connectivity index is 3.19. The van der Waals surface area contributed by atoms with Crippen molar-refractivity contribution < 1.29 is 26.7 Å². The van der Waals surface area contributed by atoms with E-state index >= 15 is 0 Å². The Hall–Kier alpha value is -1.74. The van der Waals surface area contributed by atoms with E-state index < -0.39 is 22.4 Å². The number of hydrogen-bond donors (Lipinski definition) is 2. The van der Waals surface area contributed by atoms with E-state index in [2.05, 4.69) is 0 Å². The smallest absolute Gasteiger partial charge is 0.315 e. The molecule has 0 saturated heterocycles. The molecule has 0 heterocycles. The Morgan fingerprint density at radius 3 is 2.50 bits per heavy atom. The van der Waals surface area contributed by atoms with Gasteiger partial charge in [-0.3, -0.25) is 4.79 Å². The number of methoxy groups -OCH3 is 1. The second kappa shape index (κ2) is 5.27. The lowest BCUT2D eigenvalue weighted by molar-refractivity contribution is -0.126. The maximum Gasteiger partial charge on any atom is 0.315 e. The summed E-state index contributed by atoms with van der Waals surface area (Å²) >= 11 is 0. The Labute approximate surface area is 102 Å². The molecule has 0 spiro atoms. The van der Waals surface area contributed by atoms with Crippen LogP contribution in [-0.4, -0.2) is 27.9 Å². The third kappa shape index (κ3) is 3.37. The summed E-state index contributed by atoms with van der Waals surface area (Å²) in [6.07, 6.45) is -3.23. The molecule has 6 nitrogen and oxygen atoms in total. The zero-order valence-corrected chi connectivity index (χ0v) is 10.0. The van der Waals surface area contributed by atoms with Gasteiger partial charge in [0.15, 0.2) is 0 Å². The number of primary sulfonamides is 1. The van der Waals surface area contributed by atoms with E-state index in [0.29, 0.717) is 0 Å². The van der Waals surface area contributed by atoms with E-state index in [4.69, 9.17) is 9.88 Å². The van der Waals surface area contributed by atoms with Gasteiger partial charge in [0.05, 0.1) is 17.7 Å². The Morgan fingerprint density at radius 2 is 2.06 bits per heavy atom. The quantitative estimate of drug-likeness (QED) is 0.841. The molecule has 0 saturated carbocycles. The summed E-state index contributed by atoms with van der Waals surface area (Å²) in [7, 11) is -2.76. The molecule has 18 heavy (non-hydrogen) atoms. The van der Waals surface area contributed by atoms with Crippen LogP contribution in [-0.2, 0) is 14.8 Å². The second-order valence-corrected chi connectivity index (χ2v) is 4.76. The molecule has 1 aromatic carbocycles. The number of sulfonamides is 1. The molecule has 0 aliphatic heterocycles. The minimum absolute atomic E-state index is 0.0383. The molecule has 0 bridgehead atoms. The molecule has 1 rings (SSSR count). The highest BCUT2D eigenvalue weighted by atomic mass is 32.2. The Kier molecular flexibility index (Phi) is 4.19. The maximum atomic E-state index is 12.1. The Bertz CT molecular complexity index is 560. The van der Waals surface area contributed by atoms with Crippen LogP contribution in [0.2, 0.25) is 0 Å². The number of benzene rings is 1. The van der Waals surface area contributed by atoms with E-state index in [1.165, 1.54) is 13.2 Å². The molecule has 0 unspecified atom stereocenters. The van der Waals surface area contributed by atoms with Crippen LogP contribution in [0.25, 0.3) is 0 Å². The van der Waals surface area contributed by atoms with Gasteiger partial charge < -0.3 is 10.1 Å². The molecule has 0 radical (unpaired) electrons. The number of anilines is 1. The van der Waals surface area contributed by atoms with Gasteiger partial charge in [-0.2, -0.15) is 8.78 Å². The summed E-state index contributed by atoms with van der Waals surface area (Å²) < 4.78 is 51.1. The Morgan fingerprint density at radius 1 is 1.44 bits per heavy atom. The van der Waals surface area contributed by atoms with Gasteiger partial charge in [-0.05, 0) is 18.2 Å². The summed E-state index contributed by atoms with van der Waals surface area (Å²) in [5.74, 6) is -1.53. The topological polar surface area (TPSA) is 98.5 Å². The molecule has 100 valence electrons. The van der Waals surface area contributed by atoms with Gasteiger partial charge in [-0.15, -0.1) is 0 Å². The molecule has 9 heteroatoms. The average molecular weight is 280 g/mol. The molecule has 0 aromatic heterocycles. The monoisotopic (exact) mass is 280 g/mol. The number of nitrogens with one attached hydrogen (secondary N) is 1. The van der Waals surface area contributed by atoms with Crippen molar-refractivity contribution in [2.45, 2.75) is 11.3 Å². The van der Waals surface area contributed by atoms with Crippen molar-refractivity contribution in [2.24, 2.45) is 5.14 Å². The maximum absolute atomic E-state index is 12.1. The summed E-state index contributed by atoms with van der Waals surface area (Å²) in [6, 6.07) is 3.27. The fraction of sp³-hybridized carbons (Fsp3) is 0.222. The van der Waals surface area contributed by atoms with Crippen LogP contribution in [0.15, 0.2) is 23.1 Å². The highest BCUT2D eigenvalue weighted by Gasteiger charge is 2.19. The number of nitrogens with two attached hydrogens (primary N) is 1. The largest absolute Gasteiger partial charge is 0.495 e. The van der Waals surface area contributed by atoms with E-state index in [0.717, 1.165) is 12.1 Å². The lowest BCUT2D eigenvalue weighted by Crippen LogP contribution is -2.21. The molecule has 0 fully saturated rings. The van der Waals surface area contributed by atoms with Gasteiger partial charge >= 0.3 is 6.43 Å². The summed E-state index contributed by atoms with van der Waals surface area (Å²) in [6.45, 7) is 0. The first-order valence-corrected chi connectivity index (χ1v) is 6.10. The number of hydrogen-bond acceptors (Lipinski definition) is 4. The first kappa shape index (κ1) is 14.3. The van der Waals surface area contributed by atoms with Crippen LogP contribution in [0, 0.1) is 0 Å². The predicted molar refractivity (Wildman–Crippen MR) is 59.0 cm³/mol. The van der Waals surface area contributed by atoms with Crippen molar-refractivity contribution in [3.8, 4) is 5.75 Å². The number of carbonyl (C=O) groups is 1. The van der Waals surface area contributed by atoms with Crippen LogP contribution < -0.4 is 15.2 Å². The van der Waals surface area contributed by atoms with Crippen LogP contribution >= 0.6 is 0 Å². The zero-order valence-electron chi connectivity index (χ0n) is 9.18. The van der Waals surface area contributed by atoms with Crippen molar-refractivity contribution in [2.75, 3.05) is 12.4 Å². The van der Waals surface area contributed by atoms with Crippen molar-refractivity contribution in [1.82, 2.24) is 0 Å². The van der Waals surface area contributed by atoms with Crippen LogP contribution in [0.5, 0.6) is 5.75 Å². The summed E-state index contributed by atoms with van der Waals surface area (Å²) in [5, 5.41) is 6.72.